The Labute approximate surface area is 169 Å². The third kappa shape index (κ3) is 5.54. The van der Waals surface area contributed by atoms with Crippen molar-refractivity contribution < 1.29 is 9.13 Å². The third-order valence-corrected chi connectivity index (χ3v) is 4.58. The molecule has 0 radical (unpaired) electrons. The van der Waals surface area contributed by atoms with E-state index in [1.54, 1.807) is 19.2 Å². The molecular weight excluding hydrogens is 371 g/mol. The number of nitrogens with one attached hydrogen (secondary N) is 2. The van der Waals surface area contributed by atoms with Crippen LogP contribution in [-0.4, -0.2) is 27.8 Å². The smallest absolute Gasteiger partial charge is 0.192 e. The number of benzene rings is 2. The van der Waals surface area contributed by atoms with E-state index < -0.39 is 0 Å². The number of rotatable bonds is 7. The van der Waals surface area contributed by atoms with Crippen molar-refractivity contribution in [3.63, 3.8) is 0 Å². The molecule has 3 rings (SSSR count). The Morgan fingerprint density at radius 2 is 1.79 bits per heavy atom. The molecule has 0 saturated heterocycles. The Balaban J connectivity index is 1.70. The van der Waals surface area contributed by atoms with Gasteiger partial charge in [0.2, 0.25) is 0 Å². The zero-order chi connectivity index (χ0) is 20.6. The van der Waals surface area contributed by atoms with Crippen molar-refractivity contribution in [2.75, 3.05) is 7.11 Å². The van der Waals surface area contributed by atoms with Crippen LogP contribution >= 0.6 is 0 Å². The molecule has 1 heterocycles. The Hall–Kier alpha value is -3.42. The minimum atomic E-state index is -0.251. The molecule has 7 nitrogen and oxygen atoms in total. The van der Waals surface area contributed by atoms with Gasteiger partial charge < -0.3 is 19.9 Å². The minimum Gasteiger partial charge on any atom is -0.497 e. The SMILES string of the molecule is COc1ccc(CN=C(NCc2ccccc2F)NCc2nnc(C)n2C)cc1. The Morgan fingerprint density at radius 1 is 1.07 bits per heavy atom. The minimum absolute atomic E-state index is 0.251. The number of hydrogen-bond donors (Lipinski definition) is 2. The van der Waals surface area contributed by atoms with Crippen LogP contribution in [0, 0.1) is 12.7 Å². The fourth-order valence-electron chi connectivity index (χ4n) is 2.66. The normalized spacial score (nSPS) is 11.4. The fraction of sp³-hybridized carbons (Fsp3) is 0.286. The maximum absolute atomic E-state index is 13.9. The molecule has 0 spiro atoms. The van der Waals surface area contributed by atoms with Crippen LogP contribution in [0.15, 0.2) is 53.5 Å². The van der Waals surface area contributed by atoms with E-state index in [2.05, 4.69) is 25.8 Å². The summed E-state index contributed by atoms with van der Waals surface area (Å²) < 4.78 is 21.0. The maximum atomic E-state index is 13.9. The number of aromatic nitrogens is 3. The lowest BCUT2D eigenvalue weighted by Gasteiger charge is -2.13. The first-order chi connectivity index (χ1) is 14.1. The average molecular weight is 396 g/mol. The summed E-state index contributed by atoms with van der Waals surface area (Å²) in [6.07, 6.45) is 0. The van der Waals surface area contributed by atoms with Crippen molar-refractivity contribution in [1.29, 1.82) is 0 Å². The van der Waals surface area contributed by atoms with Gasteiger partial charge >= 0.3 is 0 Å². The third-order valence-electron chi connectivity index (χ3n) is 4.58. The summed E-state index contributed by atoms with van der Waals surface area (Å²) >= 11 is 0. The molecule has 0 aliphatic carbocycles. The van der Waals surface area contributed by atoms with Crippen molar-refractivity contribution in [3.05, 3.63) is 77.1 Å². The molecule has 3 aromatic rings. The molecule has 2 aromatic carbocycles. The van der Waals surface area contributed by atoms with Gasteiger partial charge in [0.05, 0.1) is 20.2 Å². The van der Waals surface area contributed by atoms with Crippen molar-refractivity contribution in [3.8, 4) is 5.75 Å². The predicted molar refractivity (Wildman–Crippen MR) is 110 cm³/mol. The lowest BCUT2D eigenvalue weighted by Crippen LogP contribution is -2.37. The lowest BCUT2D eigenvalue weighted by atomic mass is 10.2. The van der Waals surface area contributed by atoms with E-state index in [0.29, 0.717) is 31.2 Å². The van der Waals surface area contributed by atoms with Gasteiger partial charge in [-0.25, -0.2) is 9.38 Å². The molecule has 1 aromatic heterocycles. The van der Waals surface area contributed by atoms with Crippen LogP contribution in [0.1, 0.15) is 22.8 Å². The van der Waals surface area contributed by atoms with E-state index in [0.717, 1.165) is 23.0 Å². The van der Waals surface area contributed by atoms with E-state index in [-0.39, 0.29) is 5.82 Å². The summed E-state index contributed by atoms with van der Waals surface area (Å²) in [6, 6.07) is 14.4. The molecule has 0 unspecified atom stereocenters. The Bertz CT molecular complexity index is 968. The maximum Gasteiger partial charge on any atom is 0.192 e. The first-order valence-corrected chi connectivity index (χ1v) is 9.30. The summed E-state index contributed by atoms with van der Waals surface area (Å²) in [4.78, 5) is 4.62. The highest BCUT2D eigenvalue weighted by molar-refractivity contribution is 5.79. The summed E-state index contributed by atoms with van der Waals surface area (Å²) in [5, 5.41) is 14.6. The second kappa shape index (κ2) is 9.68. The number of aryl methyl sites for hydroxylation is 1. The number of hydrogen-bond acceptors (Lipinski definition) is 4. The van der Waals surface area contributed by atoms with Gasteiger partial charge in [0.15, 0.2) is 11.8 Å². The molecule has 2 N–H and O–H groups in total. The molecule has 8 heteroatoms. The van der Waals surface area contributed by atoms with E-state index >= 15 is 0 Å². The lowest BCUT2D eigenvalue weighted by molar-refractivity contribution is 0.414. The van der Waals surface area contributed by atoms with Crippen LogP contribution in [0.3, 0.4) is 0 Å². The Kier molecular flexibility index (Phi) is 6.78. The second-order valence-corrected chi connectivity index (χ2v) is 6.53. The van der Waals surface area contributed by atoms with Gasteiger partial charge in [-0.05, 0) is 30.7 Å². The highest BCUT2D eigenvalue weighted by atomic mass is 19.1. The van der Waals surface area contributed by atoms with E-state index in [4.69, 9.17) is 4.74 Å². The van der Waals surface area contributed by atoms with Crippen molar-refractivity contribution >= 4 is 5.96 Å². The first-order valence-electron chi connectivity index (χ1n) is 9.30. The largest absolute Gasteiger partial charge is 0.497 e. The van der Waals surface area contributed by atoms with Gasteiger partial charge in [-0.15, -0.1) is 10.2 Å². The number of guanidine groups is 1. The Morgan fingerprint density at radius 3 is 2.45 bits per heavy atom. The molecule has 0 bridgehead atoms. The first kappa shape index (κ1) is 20.3. The van der Waals surface area contributed by atoms with Crippen LogP contribution in [0.2, 0.25) is 0 Å². The molecule has 29 heavy (non-hydrogen) atoms. The molecule has 0 amide bonds. The summed E-state index contributed by atoms with van der Waals surface area (Å²) in [5.74, 6) is 2.72. The number of ether oxygens (including phenoxy) is 1. The molecule has 0 saturated carbocycles. The van der Waals surface area contributed by atoms with Crippen LogP contribution in [0.5, 0.6) is 5.75 Å². The fourth-order valence-corrected chi connectivity index (χ4v) is 2.66. The van der Waals surface area contributed by atoms with Gasteiger partial charge in [-0.3, -0.25) is 0 Å². The molecular formula is C21H25FN6O. The topological polar surface area (TPSA) is 76.4 Å². The van der Waals surface area contributed by atoms with Gasteiger partial charge in [-0.2, -0.15) is 0 Å². The van der Waals surface area contributed by atoms with Crippen LogP contribution in [-0.2, 0) is 26.7 Å². The molecule has 152 valence electrons. The van der Waals surface area contributed by atoms with Crippen molar-refractivity contribution in [1.82, 2.24) is 25.4 Å². The summed E-state index contributed by atoms with van der Waals surface area (Å²) in [7, 11) is 3.54. The van der Waals surface area contributed by atoms with Crippen LogP contribution in [0.25, 0.3) is 0 Å². The van der Waals surface area contributed by atoms with Gasteiger partial charge in [-0.1, -0.05) is 30.3 Å². The van der Waals surface area contributed by atoms with Crippen LogP contribution < -0.4 is 15.4 Å². The van der Waals surface area contributed by atoms with Crippen molar-refractivity contribution in [2.45, 2.75) is 26.6 Å². The number of halogens is 1. The molecule has 0 aliphatic heterocycles. The van der Waals surface area contributed by atoms with Gasteiger partial charge in [0.25, 0.3) is 0 Å². The number of methoxy groups -OCH3 is 1. The number of nitrogens with zero attached hydrogens (tertiary/aromatic N) is 4. The zero-order valence-electron chi connectivity index (χ0n) is 16.8. The summed E-state index contributed by atoms with van der Waals surface area (Å²) in [5.41, 5.74) is 1.60. The molecule has 0 aliphatic rings. The predicted octanol–water partition coefficient (Wildman–Crippen LogP) is 2.71. The van der Waals surface area contributed by atoms with Crippen molar-refractivity contribution in [2.24, 2.45) is 12.0 Å². The molecule has 0 atom stereocenters. The van der Waals surface area contributed by atoms with Gasteiger partial charge in [0.1, 0.15) is 17.4 Å². The quantitative estimate of drug-likeness (QED) is 0.474. The second-order valence-electron chi connectivity index (χ2n) is 6.53. The zero-order valence-corrected chi connectivity index (χ0v) is 16.8. The molecule has 0 fully saturated rings. The van der Waals surface area contributed by atoms with Gasteiger partial charge in [0, 0.05) is 19.2 Å². The van der Waals surface area contributed by atoms with E-state index in [9.17, 15) is 4.39 Å². The monoisotopic (exact) mass is 396 g/mol. The van der Waals surface area contributed by atoms with E-state index in [1.165, 1.54) is 6.07 Å². The summed E-state index contributed by atoms with van der Waals surface area (Å²) in [6.45, 7) is 3.13. The number of aliphatic imine (C=N–C) groups is 1. The standard InChI is InChI=1S/C21H25FN6O/c1-15-26-27-20(28(15)2)14-25-21(24-13-17-6-4-5-7-19(17)22)23-12-16-8-10-18(29-3)11-9-16/h4-11H,12-14H2,1-3H3,(H2,23,24,25). The van der Waals surface area contributed by atoms with E-state index in [1.807, 2.05) is 48.9 Å². The average Bonchev–Trinajstić information content (AvgIpc) is 3.06. The van der Waals surface area contributed by atoms with Crippen LogP contribution in [0.4, 0.5) is 4.39 Å². The highest BCUT2D eigenvalue weighted by Crippen LogP contribution is 2.12. The highest BCUT2D eigenvalue weighted by Gasteiger charge is 2.08.